The standard InChI is InChI=1S/C19H20F2N2O6S/c20-16-6-1-12(9-17(16)21)11-29-14-2-4-15(5-3-14)30(27,28)23-8-7-13(24)10-18(23)19(25)22-26/h1-6,9,13,18,24,26H,7-8,10-11H2,(H,22,25). The second kappa shape index (κ2) is 9.04. The number of aliphatic hydroxyl groups excluding tert-OH is 1. The van der Waals surface area contributed by atoms with Gasteiger partial charge in [-0.3, -0.25) is 10.0 Å². The van der Waals surface area contributed by atoms with Crippen LogP contribution in [0.4, 0.5) is 8.78 Å². The molecular formula is C19H20F2N2O6S. The number of ether oxygens (including phenoxy) is 1. The third-order valence-electron chi connectivity index (χ3n) is 4.76. The molecule has 1 aliphatic heterocycles. The number of carbonyl (C=O) groups is 1. The number of nitrogens with zero attached hydrogens (tertiary/aromatic N) is 1. The molecule has 2 aromatic carbocycles. The summed E-state index contributed by atoms with van der Waals surface area (Å²) in [6, 6.07) is 7.48. The lowest BCUT2D eigenvalue weighted by atomic mass is 10.0. The Balaban J connectivity index is 1.73. The largest absolute Gasteiger partial charge is 0.489 e. The number of aliphatic hydroxyl groups is 1. The maximum absolute atomic E-state index is 13.2. The Morgan fingerprint density at radius 3 is 2.50 bits per heavy atom. The third-order valence-corrected chi connectivity index (χ3v) is 6.68. The van der Waals surface area contributed by atoms with Crippen molar-refractivity contribution in [2.24, 2.45) is 0 Å². The van der Waals surface area contributed by atoms with Gasteiger partial charge in [0.2, 0.25) is 10.0 Å². The van der Waals surface area contributed by atoms with E-state index in [1.807, 2.05) is 0 Å². The summed E-state index contributed by atoms with van der Waals surface area (Å²) in [4.78, 5) is 11.8. The zero-order valence-electron chi connectivity index (χ0n) is 15.7. The van der Waals surface area contributed by atoms with Crippen LogP contribution in [0.5, 0.6) is 5.75 Å². The number of carbonyl (C=O) groups excluding carboxylic acids is 1. The van der Waals surface area contributed by atoms with Crippen molar-refractivity contribution in [2.75, 3.05) is 6.54 Å². The van der Waals surface area contributed by atoms with Crippen molar-refractivity contribution >= 4 is 15.9 Å². The van der Waals surface area contributed by atoms with E-state index in [2.05, 4.69) is 0 Å². The van der Waals surface area contributed by atoms with E-state index >= 15 is 0 Å². The number of hydroxylamine groups is 1. The Morgan fingerprint density at radius 1 is 1.17 bits per heavy atom. The Labute approximate surface area is 171 Å². The molecule has 0 saturated carbocycles. The fourth-order valence-electron chi connectivity index (χ4n) is 3.16. The first-order valence-corrected chi connectivity index (χ1v) is 10.5. The van der Waals surface area contributed by atoms with Gasteiger partial charge in [0.25, 0.3) is 5.91 Å². The van der Waals surface area contributed by atoms with Crippen molar-refractivity contribution in [1.82, 2.24) is 9.79 Å². The second-order valence-electron chi connectivity index (χ2n) is 6.79. The Hall–Kier alpha value is -2.60. The summed E-state index contributed by atoms with van der Waals surface area (Å²) in [5, 5.41) is 18.6. The van der Waals surface area contributed by atoms with Gasteiger partial charge in [-0.15, -0.1) is 0 Å². The van der Waals surface area contributed by atoms with E-state index in [1.54, 1.807) is 0 Å². The van der Waals surface area contributed by atoms with Gasteiger partial charge in [-0.05, 0) is 54.8 Å². The number of hydrogen-bond donors (Lipinski definition) is 3. The van der Waals surface area contributed by atoms with Crippen molar-refractivity contribution in [2.45, 2.75) is 36.5 Å². The van der Waals surface area contributed by atoms with Crippen LogP contribution >= 0.6 is 0 Å². The SMILES string of the molecule is O=C(NO)C1CC(O)CCN1S(=O)(=O)c1ccc(OCc2ccc(F)c(F)c2)cc1. The predicted octanol–water partition coefficient (Wildman–Crippen LogP) is 1.56. The van der Waals surface area contributed by atoms with Crippen molar-refractivity contribution < 1.29 is 37.0 Å². The van der Waals surface area contributed by atoms with Gasteiger partial charge in [0.1, 0.15) is 18.4 Å². The molecule has 2 unspecified atom stereocenters. The molecule has 162 valence electrons. The van der Waals surface area contributed by atoms with Gasteiger partial charge in [0.05, 0.1) is 11.0 Å². The van der Waals surface area contributed by atoms with E-state index in [0.717, 1.165) is 16.4 Å². The first-order chi connectivity index (χ1) is 14.2. The lowest BCUT2D eigenvalue weighted by molar-refractivity contribution is -0.135. The van der Waals surface area contributed by atoms with E-state index in [-0.39, 0.29) is 30.9 Å². The molecule has 2 atom stereocenters. The molecule has 0 aromatic heterocycles. The summed E-state index contributed by atoms with van der Waals surface area (Å²) in [7, 11) is -4.08. The smallest absolute Gasteiger partial charge is 0.261 e. The number of piperidine rings is 1. The molecule has 1 heterocycles. The quantitative estimate of drug-likeness (QED) is 0.462. The lowest BCUT2D eigenvalue weighted by Gasteiger charge is -2.35. The number of sulfonamides is 1. The third kappa shape index (κ3) is 4.75. The molecule has 0 radical (unpaired) electrons. The Bertz CT molecular complexity index is 1020. The zero-order valence-corrected chi connectivity index (χ0v) is 16.5. The van der Waals surface area contributed by atoms with Crippen molar-refractivity contribution in [1.29, 1.82) is 0 Å². The fourth-order valence-corrected chi connectivity index (χ4v) is 4.78. The Morgan fingerprint density at radius 2 is 1.87 bits per heavy atom. The fraction of sp³-hybridized carbons (Fsp3) is 0.316. The van der Waals surface area contributed by atoms with Crippen LogP contribution in [0.1, 0.15) is 18.4 Å². The van der Waals surface area contributed by atoms with Crippen molar-refractivity contribution in [3.8, 4) is 5.75 Å². The molecule has 1 saturated heterocycles. The van der Waals surface area contributed by atoms with Gasteiger partial charge in [0, 0.05) is 6.54 Å². The van der Waals surface area contributed by atoms with Crippen molar-refractivity contribution in [3.63, 3.8) is 0 Å². The second-order valence-corrected chi connectivity index (χ2v) is 8.68. The lowest BCUT2D eigenvalue weighted by Crippen LogP contribution is -2.54. The van der Waals surface area contributed by atoms with Crippen molar-refractivity contribution in [3.05, 3.63) is 59.7 Å². The molecule has 0 bridgehead atoms. The van der Waals surface area contributed by atoms with E-state index in [0.29, 0.717) is 11.3 Å². The highest BCUT2D eigenvalue weighted by molar-refractivity contribution is 7.89. The van der Waals surface area contributed by atoms with E-state index in [4.69, 9.17) is 9.94 Å². The monoisotopic (exact) mass is 442 g/mol. The minimum absolute atomic E-state index is 0.0495. The molecule has 1 amide bonds. The Kier molecular flexibility index (Phi) is 6.66. The van der Waals surface area contributed by atoms with Gasteiger partial charge in [-0.2, -0.15) is 4.31 Å². The maximum atomic E-state index is 13.2. The first-order valence-electron chi connectivity index (χ1n) is 9.03. The normalized spacial score (nSPS) is 20.0. The van der Waals surface area contributed by atoms with Gasteiger partial charge in [-0.25, -0.2) is 22.7 Å². The van der Waals surface area contributed by atoms with Crippen LogP contribution in [0.25, 0.3) is 0 Å². The van der Waals surface area contributed by atoms with Crippen LogP contribution in [-0.4, -0.2) is 47.6 Å². The summed E-state index contributed by atoms with van der Waals surface area (Å²) < 4.78 is 58.5. The van der Waals surface area contributed by atoms with Gasteiger partial charge < -0.3 is 9.84 Å². The zero-order chi connectivity index (χ0) is 21.9. The minimum atomic E-state index is -4.08. The topological polar surface area (TPSA) is 116 Å². The van der Waals surface area contributed by atoms with Gasteiger partial charge >= 0.3 is 0 Å². The molecule has 3 rings (SSSR count). The average molecular weight is 442 g/mol. The van der Waals surface area contributed by atoms with Crippen LogP contribution in [0.15, 0.2) is 47.4 Å². The number of halogens is 2. The van der Waals surface area contributed by atoms with Crippen LogP contribution < -0.4 is 10.2 Å². The number of nitrogens with one attached hydrogen (secondary N) is 1. The maximum Gasteiger partial charge on any atom is 0.261 e. The number of benzene rings is 2. The highest BCUT2D eigenvalue weighted by atomic mass is 32.2. The summed E-state index contributed by atoms with van der Waals surface area (Å²) in [5.41, 5.74) is 1.83. The number of hydrogen-bond acceptors (Lipinski definition) is 6. The molecule has 2 aromatic rings. The highest BCUT2D eigenvalue weighted by Gasteiger charge is 2.40. The predicted molar refractivity (Wildman–Crippen MR) is 100.0 cm³/mol. The van der Waals surface area contributed by atoms with Crippen LogP contribution in [0.3, 0.4) is 0 Å². The van der Waals surface area contributed by atoms with E-state index < -0.39 is 39.7 Å². The summed E-state index contributed by atoms with van der Waals surface area (Å²) in [6.45, 7) is -0.137. The molecule has 11 heteroatoms. The molecule has 3 N–H and O–H groups in total. The van der Waals surface area contributed by atoms with Gasteiger partial charge in [-0.1, -0.05) is 6.07 Å². The number of rotatable bonds is 6. The average Bonchev–Trinajstić information content (AvgIpc) is 2.74. The highest BCUT2D eigenvalue weighted by Crippen LogP contribution is 2.27. The molecule has 8 nitrogen and oxygen atoms in total. The number of amides is 1. The first kappa shape index (κ1) is 22.1. The molecule has 1 fully saturated rings. The molecule has 0 spiro atoms. The summed E-state index contributed by atoms with van der Waals surface area (Å²) in [6.07, 6.45) is -0.837. The van der Waals surface area contributed by atoms with Gasteiger partial charge in [0.15, 0.2) is 11.6 Å². The van der Waals surface area contributed by atoms with E-state index in [1.165, 1.54) is 35.8 Å². The molecule has 0 aliphatic carbocycles. The summed E-state index contributed by atoms with van der Waals surface area (Å²) >= 11 is 0. The minimum Gasteiger partial charge on any atom is -0.489 e. The molecule has 30 heavy (non-hydrogen) atoms. The molecule has 1 aliphatic rings. The van der Waals surface area contributed by atoms with Crippen LogP contribution in [0.2, 0.25) is 0 Å². The van der Waals surface area contributed by atoms with E-state index in [9.17, 15) is 27.1 Å². The van der Waals surface area contributed by atoms with Crippen LogP contribution in [-0.2, 0) is 21.4 Å². The molecular weight excluding hydrogens is 422 g/mol. The summed E-state index contributed by atoms with van der Waals surface area (Å²) in [5.74, 6) is -2.58. The van der Waals surface area contributed by atoms with Crippen LogP contribution in [0, 0.1) is 11.6 Å².